The summed E-state index contributed by atoms with van der Waals surface area (Å²) in [4.78, 5) is 30.2. The number of halogens is 2. The Labute approximate surface area is 192 Å². The molecule has 3 N–H and O–H groups in total. The lowest BCUT2D eigenvalue weighted by Crippen LogP contribution is -2.45. The normalized spacial score (nSPS) is 16.5. The summed E-state index contributed by atoms with van der Waals surface area (Å²) in [5.74, 6) is 0.794. The van der Waals surface area contributed by atoms with E-state index in [0.29, 0.717) is 25.5 Å². The Morgan fingerprint density at radius 2 is 1.96 bits per heavy atom. The van der Waals surface area contributed by atoms with Gasteiger partial charge < -0.3 is 20.9 Å². The molecule has 1 aromatic carbocycles. The fourth-order valence-electron chi connectivity index (χ4n) is 2.88. The van der Waals surface area contributed by atoms with Gasteiger partial charge in [-0.15, -0.1) is 24.0 Å². The van der Waals surface area contributed by atoms with E-state index in [2.05, 4.69) is 36.9 Å². The van der Waals surface area contributed by atoms with E-state index in [0.717, 1.165) is 23.1 Å². The second-order valence-electron chi connectivity index (χ2n) is 6.87. The molecule has 7 nitrogen and oxygen atoms in total. The molecule has 28 heavy (non-hydrogen) atoms. The second-order valence-corrected chi connectivity index (χ2v) is 7.79. The van der Waals surface area contributed by atoms with Crippen molar-refractivity contribution < 1.29 is 9.59 Å². The summed E-state index contributed by atoms with van der Waals surface area (Å²) in [5.41, 5.74) is 0.770. The third kappa shape index (κ3) is 7.94. The van der Waals surface area contributed by atoms with Crippen LogP contribution in [0.15, 0.2) is 33.7 Å². The van der Waals surface area contributed by atoms with Gasteiger partial charge in [-0.1, -0.05) is 29.8 Å². The van der Waals surface area contributed by atoms with Crippen molar-refractivity contribution in [2.45, 2.75) is 32.7 Å². The molecule has 1 saturated heterocycles. The van der Waals surface area contributed by atoms with Crippen LogP contribution >= 0.6 is 39.9 Å². The highest BCUT2D eigenvalue weighted by molar-refractivity contribution is 14.0. The Morgan fingerprint density at radius 3 is 2.57 bits per heavy atom. The minimum absolute atomic E-state index is 0. The molecule has 1 atom stereocenters. The summed E-state index contributed by atoms with van der Waals surface area (Å²) in [5, 5.41) is 9.34. The van der Waals surface area contributed by atoms with Crippen LogP contribution in [0, 0.1) is 5.92 Å². The van der Waals surface area contributed by atoms with Gasteiger partial charge in [0.1, 0.15) is 0 Å². The van der Waals surface area contributed by atoms with Crippen LogP contribution in [-0.4, -0.2) is 55.4 Å². The summed E-state index contributed by atoms with van der Waals surface area (Å²) in [6, 6.07) is 7.64. The minimum atomic E-state index is -0.0603. The maximum absolute atomic E-state index is 12.1. The maximum atomic E-state index is 12.1. The molecule has 0 spiro atoms. The molecule has 0 saturated carbocycles. The number of hydrogen-bond acceptors (Lipinski definition) is 3. The van der Waals surface area contributed by atoms with Gasteiger partial charge in [0.25, 0.3) is 0 Å². The summed E-state index contributed by atoms with van der Waals surface area (Å²) in [6.45, 7) is 5.76. The zero-order valence-corrected chi connectivity index (χ0v) is 20.4. The summed E-state index contributed by atoms with van der Waals surface area (Å²) >= 11 is 3.37. The van der Waals surface area contributed by atoms with Crippen LogP contribution in [-0.2, 0) is 9.59 Å². The van der Waals surface area contributed by atoms with Crippen molar-refractivity contribution in [3.63, 3.8) is 0 Å². The molecule has 1 aliphatic heterocycles. The van der Waals surface area contributed by atoms with Crippen molar-refractivity contribution in [3.8, 4) is 0 Å². The number of hydrogen-bond donors (Lipinski definition) is 3. The average molecular weight is 566 g/mol. The van der Waals surface area contributed by atoms with Crippen molar-refractivity contribution in [2.24, 2.45) is 10.9 Å². The van der Waals surface area contributed by atoms with Crippen molar-refractivity contribution in [2.75, 3.05) is 32.0 Å². The number of carbonyl (C=O) groups is 2. The Bertz CT molecular complexity index is 681. The van der Waals surface area contributed by atoms with E-state index in [1.54, 1.807) is 7.05 Å². The van der Waals surface area contributed by atoms with Gasteiger partial charge in [0, 0.05) is 55.2 Å². The fourth-order valence-corrected chi connectivity index (χ4v) is 3.15. The van der Waals surface area contributed by atoms with Crippen LogP contribution in [0.3, 0.4) is 0 Å². The number of anilines is 1. The molecule has 2 amide bonds. The van der Waals surface area contributed by atoms with E-state index in [-0.39, 0.29) is 47.8 Å². The predicted molar refractivity (Wildman–Crippen MR) is 127 cm³/mol. The molecule has 1 unspecified atom stereocenters. The molecule has 1 fully saturated rings. The van der Waals surface area contributed by atoms with Gasteiger partial charge in [0.2, 0.25) is 11.8 Å². The zero-order chi connectivity index (χ0) is 19.8. The van der Waals surface area contributed by atoms with Gasteiger partial charge in [-0.05, 0) is 30.7 Å². The Kier molecular flexibility index (Phi) is 10.8. The Hall–Kier alpha value is -1.36. The number of guanidine groups is 1. The van der Waals surface area contributed by atoms with E-state index >= 15 is 0 Å². The van der Waals surface area contributed by atoms with E-state index < -0.39 is 0 Å². The molecule has 1 aromatic rings. The first kappa shape index (κ1) is 24.7. The average Bonchev–Trinajstić information content (AvgIpc) is 3.10. The zero-order valence-electron chi connectivity index (χ0n) is 16.5. The summed E-state index contributed by atoms with van der Waals surface area (Å²) < 4.78 is 0.970. The van der Waals surface area contributed by atoms with Crippen molar-refractivity contribution >= 4 is 63.4 Å². The van der Waals surface area contributed by atoms with Gasteiger partial charge >= 0.3 is 0 Å². The van der Waals surface area contributed by atoms with Crippen molar-refractivity contribution in [1.29, 1.82) is 0 Å². The third-order valence-electron chi connectivity index (χ3n) is 4.33. The highest BCUT2D eigenvalue weighted by Gasteiger charge is 2.27. The third-order valence-corrected chi connectivity index (χ3v) is 4.86. The van der Waals surface area contributed by atoms with Crippen LogP contribution in [0.4, 0.5) is 5.69 Å². The Balaban J connectivity index is 0.00000392. The lowest BCUT2D eigenvalue weighted by molar-refractivity contribution is -0.133. The Morgan fingerprint density at radius 1 is 1.29 bits per heavy atom. The first-order chi connectivity index (χ1) is 12.9. The lowest BCUT2D eigenvalue weighted by atomic mass is 10.2. The molecule has 1 heterocycles. The highest BCUT2D eigenvalue weighted by atomic mass is 127. The number of nitrogens with one attached hydrogen (secondary N) is 3. The largest absolute Gasteiger partial charge is 0.356 e. The number of benzene rings is 1. The number of aliphatic imine (C=N–C) groups is 1. The van der Waals surface area contributed by atoms with Gasteiger partial charge in [-0.25, -0.2) is 0 Å². The quantitative estimate of drug-likeness (QED) is 0.281. The van der Waals surface area contributed by atoms with Crippen LogP contribution in [0.2, 0.25) is 0 Å². The van der Waals surface area contributed by atoms with Crippen LogP contribution in [0.5, 0.6) is 0 Å². The summed E-state index contributed by atoms with van der Waals surface area (Å²) in [7, 11) is 1.70. The molecule has 0 aliphatic carbocycles. The molecular weight excluding hydrogens is 537 g/mol. The molecular formula is C19H29BrIN5O2. The van der Waals surface area contributed by atoms with E-state index in [1.807, 2.05) is 43.0 Å². The minimum Gasteiger partial charge on any atom is -0.356 e. The van der Waals surface area contributed by atoms with E-state index in [1.165, 1.54) is 0 Å². The first-order valence-electron chi connectivity index (χ1n) is 9.20. The standard InChI is InChI=1S/C19H28BrN5O2.HI/c1-13(2)18(27)25-11-9-16(12-25)24-19(21-3)22-10-8-17(26)23-15-6-4-14(20)5-7-15;/h4-7,13,16H,8-12H2,1-3H3,(H,23,26)(H2,21,22,24);1H. The lowest BCUT2D eigenvalue weighted by Gasteiger charge is -2.20. The number of rotatable bonds is 6. The molecule has 0 aromatic heterocycles. The molecule has 9 heteroatoms. The maximum Gasteiger partial charge on any atom is 0.226 e. The predicted octanol–water partition coefficient (Wildman–Crippen LogP) is 2.82. The highest BCUT2D eigenvalue weighted by Crippen LogP contribution is 2.14. The molecule has 1 aliphatic rings. The SMILES string of the molecule is CN=C(NCCC(=O)Nc1ccc(Br)cc1)NC1CCN(C(=O)C(C)C)C1.I. The molecule has 0 radical (unpaired) electrons. The van der Waals surface area contributed by atoms with Crippen LogP contribution < -0.4 is 16.0 Å². The van der Waals surface area contributed by atoms with Crippen molar-refractivity contribution in [1.82, 2.24) is 15.5 Å². The second kappa shape index (κ2) is 12.3. The van der Waals surface area contributed by atoms with Gasteiger partial charge in [0.15, 0.2) is 5.96 Å². The van der Waals surface area contributed by atoms with Crippen LogP contribution in [0.25, 0.3) is 0 Å². The van der Waals surface area contributed by atoms with E-state index in [9.17, 15) is 9.59 Å². The summed E-state index contributed by atoms with van der Waals surface area (Å²) in [6.07, 6.45) is 1.22. The van der Waals surface area contributed by atoms with Crippen molar-refractivity contribution in [3.05, 3.63) is 28.7 Å². The monoisotopic (exact) mass is 565 g/mol. The molecule has 2 rings (SSSR count). The number of nitrogens with zero attached hydrogens (tertiary/aromatic N) is 2. The van der Waals surface area contributed by atoms with E-state index in [4.69, 9.17) is 0 Å². The topological polar surface area (TPSA) is 85.8 Å². The molecule has 0 bridgehead atoms. The fraction of sp³-hybridized carbons (Fsp3) is 0.526. The molecule has 156 valence electrons. The number of likely N-dealkylation sites (tertiary alicyclic amines) is 1. The van der Waals surface area contributed by atoms with Gasteiger partial charge in [-0.3, -0.25) is 14.6 Å². The number of carbonyl (C=O) groups excluding carboxylic acids is 2. The van der Waals surface area contributed by atoms with Crippen LogP contribution in [0.1, 0.15) is 26.7 Å². The van der Waals surface area contributed by atoms with Gasteiger partial charge in [-0.2, -0.15) is 0 Å². The first-order valence-corrected chi connectivity index (χ1v) is 9.99. The smallest absolute Gasteiger partial charge is 0.226 e. The van der Waals surface area contributed by atoms with Gasteiger partial charge in [0.05, 0.1) is 0 Å². The number of amides is 2.